The van der Waals surface area contributed by atoms with E-state index in [4.69, 9.17) is 16.3 Å². The maximum absolute atomic E-state index is 12.6. The number of aryl methyl sites for hydroxylation is 1. The molecule has 0 radical (unpaired) electrons. The maximum Gasteiger partial charge on any atom is 0.328 e. The molecule has 150 valence electrons. The highest BCUT2D eigenvalue weighted by Crippen LogP contribution is 2.22. The number of halogens is 1. The lowest BCUT2D eigenvalue weighted by Crippen LogP contribution is -2.42. The minimum absolute atomic E-state index is 0.0427. The van der Waals surface area contributed by atoms with Gasteiger partial charge < -0.3 is 10.1 Å². The molecule has 28 heavy (non-hydrogen) atoms. The third kappa shape index (κ3) is 6.68. The van der Waals surface area contributed by atoms with Crippen LogP contribution in [0.5, 0.6) is 0 Å². The second-order valence-corrected chi connectivity index (χ2v) is 8.29. The van der Waals surface area contributed by atoms with Gasteiger partial charge in [0, 0.05) is 5.75 Å². The Hall–Kier alpha value is -1.77. The molecule has 0 bridgehead atoms. The van der Waals surface area contributed by atoms with Gasteiger partial charge in [0.05, 0.1) is 18.3 Å². The number of amides is 1. The molecular weight excluding hydrogens is 418 g/mol. The average Bonchev–Trinajstić information content (AvgIpc) is 2.70. The minimum atomic E-state index is -0.750. The Kier molecular flexibility index (Phi) is 9.08. The van der Waals surface area contributed by atoms with Crippen molar-refractivity contribution >= 4 is 47.0 Å². The number of methoxy groups -OCH3 is 1. The van der Waals surface area contributed by atoms with Crippen LogP contribution in [-0.4, -0.2) is 47.0 Å². The van der Waals surface area contributed by atoms with Gasteiger partial charge in [0.25, 0.3) is 5.91 Å². The Morgan fingerprint density at radius 2 is 2.00 bits per heavy atom. The number of rotatable bonds is 9. The van der Waals surface area contributed by atoms with Crippen molar-refractivity contribution in [3.8, 4) is 0 Å². The highest BCUT2D eigenvalue weighted by molar-refractivity contribution is 7.98. The number of ether oxygens (including phenoxy) is 1. The molecule has 0 fully saturated rings. The third-order valence-corrected chi connectivity index (χ3v) is 5.68. The molecule has 1 aromatic heterocycles. The molecule has 1 aromatic carbocycles. The van der Waals surface area contributed by atoms with Crippen molar-refractivity contribution in [3.63, 3.8) is 0 Å². The Labute approximate surface area is 178 Å². The molecule has 2 aromatic rings. The largest absolute Gasteiger partial charge is 0.467 e. The van der Waals surface area contributed by atoms with Crippen molar-refractivity contribution < 1.29 is 14.3 Å². The molecule has 9 heteroatoms. The number of nitrogens with zero attached hydrogens (tertiary/aromatic N) is 2. The number of nitrogens with one attached hydrogen (secondary N) is 1. The topological polar surface area (TPSA) is 81.2 Å². The summed E-state index contributed by atoms with van der Waals surface area (Å²) in [4.78, 5) is 33.0. The lowest BCUT2D eigenvalue weighted by atomic mass is 10.2. The van der Waals surface area contributed by atoms with E-state index in [-0.39, 0.29) is 10.7 Å². The van der Waals surface area contributed by atoms with Gasteiger partial charge >= 0.3 is 5.97 Å². The van der Waals surface area contributed by atoms with Gasteiger partial charge in [0.15, 0.2) is 10.9 Å². The normalized spacial score (nSPS) is 11.7. The molecule has 0 aliphatic rings. The van der Waals surface area contributed by atoms with Crippen LogP contribution in [0.3, 0.4) is 0 Å². The predicted molar refractivity (Wildman–Crippen MR) is 114 cm³/mol. The number of thioether (sulfide) groups is 2. The van der Waals surface area contributed by atoms with Crippen molar-refractivity contribution in [2.24, 2.45) is 0 Å². The van der Waals surface area contributed by atoms with Gasteiger partial charge in [-0.15, -0.1) is 0 Å². The number of esters is 1. The van der Waals surface area contributed by atoms with Crippen molar-refractivity contribution in [1.82, 2.24) is 15.3 Å². The SMILES string of the molecule is COC(=O)[C@H](CCSC)NC(=O)c1nc(SCc2ccc(C)cc2)ncc1Cl. The van der Waals surface area contributed by atoms with E-state index in [2.05, 4.69) is 15.3 Å². The van der Waals surface area contributed by atoms with Crippen molar-refractivity contribution in [2.75, 3.05) is 19.1 Å². The van der Waals surface area contributed by atoms with E-state index in [0.29, 0.717) is 23.1 Å². The maximum atomic E-state index is 12.6. The number of aromatic nitrogens is 2. The van der Waals surface area contributed by atoms with Crippen LogP contribution < -0.4 is 5.32 Å². The zero-order valence-corrected chi connectivity index (χ0v) is 18.3. The van der Waals surface area contributed by atoms with Crippen LogP contribution >= 0.6 is 35.1 Å². The summed E-state index contributed by atoms with van der Waals surface area (Å²) in [6.07, 6.45) is 3.78. The van der Waals surface area contributed by atoms with Gasteiger partial charge in [-0.3, -0.25) is 4.79 Å². The Morgan fingerprint density at radius 1 is 1.29 bits per heavy atom. The third-order valence-electron chi connectivity index (χ3n) is 3.83. The first kappa shape index (κ1) is 22.5. The van der Waals surface area contributed by atoms with E-state index in [9.17, 15) is 9.59 Å². The first-order chi connectivity index (χ1) is 13.4. The molecular formula is C19H22ClN3O3S2. The zero-order valence-electron chi connectivity index (χ0n) is 15.9. The minimum Gasteiger partial charge on any atom is -0.467 e. The first-order valence-corrected chi connectivity index (χ1v) is 11.3. The second kappa shape index (κ2) is 11.3. The van der Waals surface area contributed by atoms with E-state index < -0.39 is 17.9 Å². The summed E-state index contributed by atoms with van der Waals surface area (Å²) in [6.45, 7) is 2.03. The van der Waals surface area contributed by atoms with Crippen LogP contribution in [-0.2, 0) is 15.3 Å². The molecule has 1 N–H and O–H groups in total. The molecule has 0 saturated carbocycles. The van der Waals surface area contributed by atoms with Crippen LogP contribution in [0.15, 0.2) is 35.6 Å². The summed E-state index contributed by atoms with van der Waals surface area (Å²) in [5.74, 6) is 0.346. The van der Waals surface area contributed by atoms with Crippen molar-refractivity contribution in [1.29, 1.82) is 0 Å². The van der Waals surface area contributed by atoms with Crippen LogP contribution in [0.2, 0.25) is 5.02 Å². The number of hydrogen-bond acceptors (Lipinski definition) is 7. The average molecular weight is 440 g/mol. The summed E-state index contributed by atoms with van der Waals surface area (Å²) < 4.78 is 4.76. The smallest absolute Gasteiger partial charge is 0.328 e. The molecule has 0 aliphatic heterocycles. The monoisotopic (exact) mass is 439 g/mol. The van der Waals surface area contributed by atoms with Gasteiger partial charge in [0.1, 0.15) is 6.04 Å². The Balaban J connectivity index is 2.08. The van der Waals surface area contributed by atoms with Crippen LogP contribution in [0.4, 0.5) is 0 Å². The number of carbonyl (C=O) groups is 2. The van der Waals surface area contributed by atoms with Crippen LogP contribution in [0.25, 0.3) is 0 Å². The highest BCUT2D eigenvalue weighted by atomic mass is 35.5. The van der Waals surface area contributed by atoms with Gasteiger partial charge in [-0.2, -0.15) is 11.8 Å². The fraction of sp³-hybridized carbons (Fsp3) is 0.368. The van der Waals surface area contributed by atoms with E-state index in [1.54, 1.807) is 11.8 Å². The standard InChI is InChI=1S/C19H22ClN3O3S2/c1-12-4-6-13(7-5-12)11-28-19-21-10-14(20)16(23-19)17(24)22-15(8-9-27-3)18(25)26-2/h4-7,10,15H,8-9,11H2,1-3H3,(H,22,24)/t15-/m0/s1. The van der Waals surface area contributed by atoms with Crippen LogP contribution in [0.1, 0.15) is 28.0 Å². The molecule has 2 rings (SSSR count). The number of carbonyl (C=O) groups excluding carboxylic acids is 2. The molecule has 0 saturated heterocycles. The summed E-state index contributed by atoms with van der Waals surface area (Å²) in [5.41, 5.74) is 2.36. The van der Waals surface area contributed by atoms with Gasteiger partial charge in [-0.05, 0) is 30.9 Å². The molecule has 6 nitrogen and oxygen atoms in total. The van der Waals surface area contributed by atoms with Crippen LogP contribution in [0, 0.1) is 6.92 Å². The van der Waals surface area contributed by atoms with Gasteiger partial charge in [-0.25, -0.2) is 14.8 Å². The number of hydrogen-bond donors (Lipinski definition) is 1. The fourth-order valence-electron chi connectivity index (χ4n) is 2.27. The number of benzene rings is 1. The lowest BCUT2D eigenvalue weighted by Gasteiger charge is -2.16. The molecule has 1 amide bonds. The molecule has 0 spiro atoms. The second-order valence-electron chi connectivity index (χ2n) is 5.95. The molecule has 0 unspecified atom stereocenters. The van der Waals surface area contributed by atoms with Crippen molar-refractivity contribution in [3.05, 3.63) is 52.3 Å². The van der Waals surface area contributed by atoms with E-state index in [1.807, 2.05) is 37.4 Å². The Morgan fingerprint density at radius 3 is 2.64 bits per heavy atom. The summed E-state index contributed by atoms with van der Waals surface area (Å²) >= 11 is 9.10. The van der Waals surface area contributed by atoms with Gasteiger partial charge in [0.2, 0.25) is 0 Å². The summed E-state index contributed by atoms with van der Waals surface area (Å²) in [6, 6.07) is 7.41. The lowest BCUT2D eigenvalue weighted by molar-refractivity contribution is -0.142. The summed E-state index contributed by atoms with van der Waals surface area (Å²) in [5, 5.41) is 3.23. The Bertz CT molecular complexity index is 819. The molecule has 1 atom stereocenters. The first-order valence-electron chi connectivity index (χ1n) is 8.53. The van der Waals surface area contributed by atoms with Crippen molar-refractivity contribution in [2.45, 2.75) is 30.3 Å². The van der Waals surface area contributed by atoms with E-state index >= 15 is 0 Å². The zero-order chi connectivity index (χ0) is 20.5. The van der Waals surface area contributed by atoms with Gasteiger partial charge in [-0.1, -0.05) is 53.2 Å². The fourth-order valence-corrected chi connectivity index (χ4v) is 3.68. The summed E-state index contributed by atoms with van der Waals surface area (Å²) in [7, 11) is 1.29. The van der Waals surface area contributed by atoms with E-state index in [1.165, 1.54) is 30.6 Å². The van der Waals surface area contributed by atoms with E-state index in [0.717, 1.165) is 5.56 Å². The molecule has 0 aliphatic carbocycles. The quantitative estimate of drug-likeness (QED) is 0.362. The highest BCUT2D eigenvalue weighted by Gasteiger charge is 2.24. The molecule has 1 heterocycles. The predicted octanol–water partition coefficient (Wildman–Crippen LogP) is 3.76.